The Kier molecular flexibility index (Phi) is 6.64. The number of nitrogens with one attached hydrogen (secondary N) is 2. The molecule has 0 fully saturated rings. The number of nitrogens with zero attached hydrogens (tertiary/aromatic N) is 2. The van der Waals surface area contributed by atoms with E-state index < -0.39 is 0 Å². The Hall–Kier alpha value is -3.74. The predicted molar refractivity (Wildman–Crippen MR) is 119 cm³/mol. The molecule has 0 spiro atoms. The zero-order chi connectivity index (χ0) is 21.1. The zero-order valence-electron chi connectivity index (χ0n) is 16.5. The van der Waals surface area contributed by atoms with E-state index in [1.165, 1.54) is 0 Å². The molecule has 4 aromatic rings. The van der Waals surface area contributed by atoms with Gasteiger partial charge in [-0.05, 0) is 42.5 Å². The topological polar surface area (TPSA) is 109 Å². The number of fused-ring (bicyclic) bond motifs is 1. The SMILES string of the molecule is CNc1cccc(N=Nc2c(Nc3ccccc3O)ccc3c(O)cccc23)c1O.[Cu]. The molecule has 4 aromatic carbocycles. The minimum atomic E-state index is -0.0120. The van der Waals surface area contributed by atoms with Crippen LogP contribution in [0.25, 0.3) is 10.8 Å². The Bertz CT molecular complexity index is 1260. The average molecular weight is 464 g/mol. The van der Waals surface area contributed by atoms with Crippen LogP contribution in [0, 0.1) is 0 Å². The third-order valence-electron chi connectivity index (χ3n) is 4.73. The van der Waals surface area contributed by atoms with Crippen molar-refractivity contribution in [1.82, 2.24) is 0 Å². The average Bonchev–Trinajstić information content (AvgIpc) is 2.75. The van der Waals surface area contributed by atoms with Gasteiger partial charge in [-0.2, -0.15) is 0 Å². The molecule has 7 nitrogen and oxygen atoms in total. The van der Waals surface area contributed by atoms with Gasteiger partial charge in [-0.15, -0.1) is 10.2 Å². The molecule has 0 aliphatic carbocycles. The number of phenols is 3. The molecular weight excluding hydrogens is 444 g/mol. The summed E-state index contributed by atoms with van der Waals surface area (Å²) in [6.07, 6.45) is 0. The number of rotatable bonds is 5. The van der Waals surface area contributed by atoms with E-state index in [4.69, 9.17) is 0 Å². The molecule has 1 radical (unpaired) electrons. The number of phenolic OH excluding ortho intramolecular Hbond substituents is 3. The van der Waals surface area contributed by atoms with Crippen molar-refractivity contribution < 1.29 is 32.4 Å². The van der Waals surface area contributed by atoms with Gasteiger partial charge in [-0.25, -0.2) is 0 Å². The molecule has 8 heteroatoms. The Morgan fingerprint density at radius 2 is 1.35 bits per heavy atom. The minimum absolute atomic E-state index is 0. The maximum Gasteiger partial charge on any atom is 0.166 e. The first-order valence-corrected chi connectivity index (χ1v) is 9.29. The van der Waals surface area contributed by atoms with Crippen LogP contribution in [0.15, 0.2) is 83.0 Å². The van der Waals surface area contributed by atoms with Crippen molar-refractivity contribution in [1.29, 1.82) is 0 Å². The molecule has 0 heterocycles. The molecule has 161 valence electrons. The van der Waals surface area contributed by atoms with Gasteiger partial charge in [0.25, 0.3) is 0 Å². The number of aromatic hydroxyl groups is 3. The molecule has 31 heavy (non-hydrogen) atoms. The Balaban J connectivity index is 0.00000272. The van der Waals surface area contributed by atoms with Crippen LogP contribution in [0.3, 0.4) is 0 Å². The van der Waals surface area contributed by atoms with E-state index in [1.807, 2.05) is 6.07 Å². The fraction of sp³-hybridized carbons (Fsp3) is 0.0435. The molecule has 0 amide bonds. The van der Waals surface area contributed by atoms with Crippen LogP contribution in [0.5, 0.6) is 17.2 Å². The van der Waals surface area contributed by atoms with Gasteiger partial charge in [0.2, 0.25) is 0 Å². The van der Waals surface area contributed by atoms with Crippen molar-refractivity contribution in [2.24, 2.45) is 10.2 Å². The van der Waals surface area contributed by atoms with Gasteiger partial charge in [0, 0.05) is 34.9 Å². The zero-order valence-corrected chi connectivity index (χ0v) is 17.4. The van der Waals surface area contributed by atoms with Crippen molar-refractivity contribution in [3.05, 3.63) is 72.8 Å². The number of para-hydroxylation sites is 3. The molecule has 0 saturated carbocycles. The number of benzene rings is 4. The summed E-state index contributed by atoms with van der Waals surface area (Å²) in [5, 5.41) is 46.7. The largest absolute Gasteiger partial charge is 0.507 e. The third kappa shape index (κ3) is 4.40. The first kappa shape index (κ1) is 22.0. The van der Waals surface area contributed by atoms with Crippen LogP contribution >= 0.6 is 0 Å². The molecular formula is C23H20CuN4O3. The molecule has 0 unspecified atom stereocenters. The Morgan fingerprint density at radius 3 is 2.13 bits per heavy atom. The van der Waals surface area contributed by atoms with Gasteiger partial charge in [-0.1, -0.05) is 30.3 Å². The van der Waals surface area contributed by atoms with E-state index in [-0.39, 0.29) is 34.3 Å². The molecule has 5 N–H and O–H groups in total. The molecule has 0 aliphatic rings. The standard InChI is InChI=1S/C23H20N4O3.Cu/c1-24-18-8-5-9-19(23(18)30)26-27-22-15-6-4-11-20(28)14(15)12-13-17(22)25-16-7-2-3-10-21(16)29;/h2-13,24-25,28-30H,1H3;. The second-order valence-corrected chi connectivity index (χ2v) is 6.60. The molecule has 0 atom stereocenters. The van der Waals surface area contributed by atoms with E-state index in [0.717, 1.165) is 0 Å². The van der Waals surface area contributed by atoms with Crippen molar-refractivity contribution >= 4 is 39.2 Å². The summed E-state index contributed by atoms with van der Waals surface area (Å²) in [5.74, 6) is 0.205. The Morgan fingerprint density at radius 1 is 0.645 bits per heavy atom. The molecule has 4 rings (SSSR count). The fourth-order valence-electron chi connectivity index (χ4n) is 3.18. The molecule has 0 bridgehead atoms. The summed E-state index contributed by atoms with van der Waals surface area (Å²) in [6, 6.07) is 20.7. The summed E-state index contributed by atoms with van der Waals surface area (Å²) < 4.78 is 0. The van der Waals surface area contributed by atoms with E-state index in [2.05, 4.69) is 20.9 Å². The molecule has 0 aromatic heterocycles. The number of azo groups is 1. The maximum atomic E-state index is 10.4. The van der Waals surface area contributed by atoms with Crippen LogP contribution in [-0.2, 0) is 17.1 Å². The summed E-state index contributed by atoms with van der Waals surface area (Å²) >= 11 is 0. The van der Waals surface area contributed by atoms with Crippen LogP contribution < -0.4 is 10.6 Å². The monoisotopic (exact) mass is 463 g/mol. The number of anilines is 3. The molecule has 0 aliphatic heterocycles. The van der Waals surface area contributed by atoms with Crippen molar-refractivity contribution in [3.8, 4) is 17.2 Å². The fourth-order valence-corrected chi connectivity index (χ4v) is 3.18. The van der Waals surface area contributed by atoms with Gasteiger partial charge >= 0.3 is 0 Å². The van der Waals surface area contributed by atoms with Crippen LogP contribution in [-0.4, -0.2) is 22.4 Å². The number of hydrogen-bond donors (Lipinski definition) is 5. The van der Waals surface area contributed by atoms with E-state index in [1.54, 1.807) is 73.8 Å². The second kappa shape index (κ2) is 9.38. The first-order chi connectivity index (χ1) is 14.6. The second-order valence-electron chi connectivity index (χ2n) is 6.60. The summed E-state index contributed by atoms with van der Waals surface area (Å²) in [5.41, 5.74) is 2.39. The van der Waals surface area contributed by atoms with Gasteiger partial charge in [-0.3, -0.25) is 0 Å². The Labute approximate surface area is 189 Å². The molecule has 0 saturated heterocycles. The van der Waals surface area contributed by atoms with E-state index in [9.17, 15) is 15.3 Å². The van der Waals surface area contributed by atoms with Gasteiger partial charge in [0.15, 0.2) is 5.75 Å². The smallest absolute Gasteiger partial charge is 0.166 e. The normalized spacial score (nSPS) is 10.7. The van der Waals surface area contributed by atoms with Crippen molar-refractivity contribution in [2.75, 3.05) is 17.7 Å². The van der Waals surface area contributed by atoms with Gasteiger partial charge < -0.3 is 26.0 Å². The predicted octanol–water partition coefficient (Wildman–Crippen LogP) is 6.15. The summed E-state index contributed by atoms with van der Waals surface area (Å²) in [7, 11) is 1.71. The van der Waals surface area contributed by atoms with Crippen molar-refractivity contribution in [3.63, 3.8) is 0 Å². The van der Waals surface area contributed by atoms with Gasteiger partial charge in [0.1, 0.15) is 22.9 Å². The van der Waals surface area contributed by atoms with E-state index >= 15 is 0 Å². The summed E-state index contributed by atoms with van der Waals surface area (Å²) in [6.45, 7) is 0. The van der Waals surface area contributed by atoms with Crippen LogP contribution in [0.2, 0.25) is 0 Å². The first-order valence-electron chi connectivity index (χ1n) is 9.29. The van der Waals surface area contributed by atoms with Gasteiger partial charge in [0.05, 0.1) is 17.1 Å². The van der Waals surface area contributed by atoms with Crippen LogP contribution in [0.1, 0.15) is 0 Å². The number of hydrogen-bond acceptors (Lipinski definition) is 7. The minimum Gasteiger partial charge on any atom is -0.507 e. The maximum absolute atomic E-state index is 10.4. The van der Waals surface area contributed by atoms with Crippen LogP contribution in [0.4, 0.5) is 28.4 Å². The third-order valence-corrected chi connectivity index (χ3v) is 4.73. The van der Waals surface area contributed by atoms with Crippen molar-refractivity contribution in [2.45, 2.75) is 0 Å². The van der Waals surface area contributed by atoms with E-state index in [0.29, 0.717) is 39.2 Å². The summed E-state index contributed by atoms with van der Waals surface area (Å²) in [4.78, 5) is 0. The quantitative estimate of drug-likeness (QED) is 0.138.